The number of benzene rings is 1. The summed E-state index contributed by atoms with van der Waals surface area (Å²) in [5.41, 5.74) is 1.46. The molecule has 2 rings (SSSR count). The molecule has 21 heavy (non-hydrogen) atoms. The number of aromatic nitrogens is 2. The van der Waals surface area contributed by atoms with E-state index in [9.17, 15) is 4.39 Å². The molecular weight excluding hydrogens is 337 g/mol. The Labute approximate surface area is 132 Å². The first-order chi connectivity index (χ1) is 9.99. The SMILES string of the molecule is CNC(c1ccc(OC)cc1F)c1c(Br)cnn1C(C)C. The monoisotopic (exact) mass is 355 g/mol. The Balaban J connectivity index is 2.52. The normalized spacial score (nSPS) is 12.7. The van der Waals surface area contributed by atoms with E-state index in [4.69, 9.17) is 4.74 Å². The van der Waals surface area contributed by atoms with Gasteiger partial charge < -0.3 is 10.1 Å². The number of halogens is 2. The summed E-state index contributed by atoms with van der Waals surface area (Å²) in [6.45, 7) is 4.08. The number of hydrogen-bond acceptors (Lipinski definition) is 3. The van der Waals surface area contributed by atoms with E-state index in [1.165, 1.54) is 13.2 Å². The van der Waals surface area contributed by atoms with Gasteiger partial charge in [-0.05, 0) is 42.9 Å². The van der Waals surface area contributed by atoms with Crippen LogP contribution in [0.5, 0.6) is 5.75 Å². The van der Waals surface area contributed by atoms with Crippen molar-refractivity contribution in [2.45, 2.75) is 25.9 Å². The molecule has 0 amide bonds. The molecule has 0 aliphatic heterocycles. The van der Waals surface area contributed by atoms with Crippen molar-refractivity contribution >= 4 is 15.9 Å². The minimum Gasteiger partial charge on any atom is -0.497 e. The number of ether oxygens (including phenoxy) is 1. The fourth-order valence-corrected chi connectivity index (χ4v) is 2.84. The van der Waals surface area contributed by atoms with Crippen LogP contribution in [0.3, 0.4) is 0 Å². The van der Waals surface area contributed by atoms with Gasteiger partial charge in [-0.1, -0.05) is 6.07 Å². The molecule has 0 aliphatic rings. The Morgan fingerprint density at radius 1 is 1.38 bits per heavy atom. The number of nitrogens with one attached hydrogen (secondary N) is 1. The molecule has 4 nitrogen and oxygen atoms in total. The van der Waals surface area contributed by atoms with Crippen LogP contribution < -0.4 is 10.1 Å². The highest BCUT2D eigenvalue weighted by molar-refractivity contribution is 9.10. The lowest BCUT2D eigenvalue weighted by atomic mass is 10.0. The number of methoxy groups -OCH3 is 1. The Bertz CT molecular complexity index is 627. The summed E-state index contributed by atoms with van der Waals surface area (Å²) in [4.78, 5) is 0. The molecule has 1 aromatic heterocycles. The molecule has 2 aromatic rings. The molecule has 1 atom stereocenters. The maximum atomic E-state index is 14.4. The summed E-state index contributed by atoms with van der Waals surface area (Å²) in [6, 6.07) is 4.77. The van der Waals surface area contributed by atoms with Crippen LogP contribution in [0.4, 0.5) is 4.39 Å². The molecule has 0 aliphatic carbocycles. The highest BCUT2D eigenvalue weighted by Crippen LogP contribution is 2.32. The van der Waals surface area contributed by atoms with E-state index >= 15 is 0 Å². The first-order valence-electron chi connectivity index (χ1n) is 6.73. The third-order valence-corrected chi connectivity index (χ3v) is 3.97. The fraction of sp³-hybridized carbons (Fsp3) is 0.400. The standard InChI is InChI=1S/C15H19BrFN3O/c1-9(2)20-15(12(16)8-19-20)14(18-3)11-6-5-10(21-4)7-13(11)17/h5-9,14,18H,1-4H3. The van der Waals surface area contributed by atoms with Gasteiger partial charge in [-0.3, -0.25) is 4.68 Å². The predicted molar refractivity (Wildman–Crippen MR) is 84.2 cm³/mol. The Morgan fingerprint density at radius 3 is 2.62 bits per heavy atom. The van der Waals surface area contributed by atoms with Crippen molar-refractivity contribution in [1.82, 2.24) is 15.1 Å². The average molecular weight is 356 g/mol. The van der Waals surface area contributed by atoms with Crippen LogP contribution in [0, 0.1) is 5.82 Å². The van der Waals surface area contributed by atoms with Gasteiger partial charge in [0.15, 0.2) is 0 Å². The van der Waals surface area contributed by atoms with Gasteiger partial charge in [-0.25, -0.2) is 4.39 Å². The van der Waals surface area contributed by atoms with Gasteiger partial charge in [0.1, 0.15) is 11.6 Å². The highest BCUT2D eigenvalue weighted by Gasteiger charge is 2.24. The lowest BCUT2D eigenvalue weighted by Crippen LogP contribution is -2.23. The molecule has 1 N–H and O–H groups in total. The molecule has 1 unspecified atom stereocenters. The number of hydrogen-bond donors (Lipinski definition) is 1. The van der Waals surface area contributed by atoms with Crippen molar-refractivity contribution in [3.05, 3.63) is 45.9 Å². The fourth-order valence-electron chi connectivity index (χ4n) is 2.34. The minimum atomic E-state index is -0.308. The summed E-state index contributed by atoms with van der Waals surface area (Å²) in [5.74, 6) is 0.194. The maximum Gasteiger partial charge on any atom is 0.132 e. The molecule has 1 aromatic carbocycles. The summed E-state index contributed by atoms with van der Waals surface area (Å²) in [6.07, 6.45) is 1.74. The molecule has 6 heteroatoms. The van der Waals surface area contributed by atoms with E-state index in [0.717, 1.165) is 10.2 Å². The maximum absolute atomic E-state index is 14.4. The Hall–Kier alpha value is -1.40. The molecule has 0 radical (unpaired) electrons. The smallest absolute Gasteiger partial charge is 0.132 e. The van der Waals surface area contributed by atoms with Crippen molar-refractivity contribution in [3.63, 3.8) is 0 Å². The molecule has 114 valence electrons. The van der Waals surface area contributed by atoms with Gasteiger partial charge in [-0.15, -0.1) is 0 Å². The molecule has 0 spiro atoms. The second kappa shape index (κ2) is 6.58. The third-order valence-electron chi connectivity index (χ3n) is 3.36. The number of rotatable bonds is 5. The zero-order valence-electron chi connectivity index (χ0n) is 12.5. The third kappa shape index (κ3) is 3.11. The zero-order valence-corrected chi connectivity index (χ0v) is 14.1. The van der Waals surface area contributed by atoms with E-state index in [-0.39, 0.29) is 17.9 Å². The van der Waals surface area contributed by atoms with Crippen LogP contribution in [0.2, 0.25) is 0 Å². The van der Waals surface area contributed by atoms with E-state index in [1.807, 2.05) is 18.5 Å². The van der Waals surface area contributed by atoms with E-state index in [1.54, 1.807) is 25.4 Å². The molecular formula is C15H19BrFN3O. The first kappa shape index (κ1) is 16.0. The topological polar surface area (TPSA) is 39.1 Å². The quantitative estimate of drug-likeness (QED) is 0.888. The summed E-state index contributed by atoms with van der Waals surface area (Å²) in [5, 5.41) is 7.52. The van der Waals surface area contributed by atoms with Gasteiger partial charge in [0.05, 0.1) is 29.5 Å². The van der Waals surface area contributed by atoms with Crippen molar-refractivity contribution < 1.29 is 9.13 Å². The van der Waals surface area contributed by atoms with Crippen molar-refractivity contribution in [3.8, 4) is 5.75 Å². The Morgan fingerprint density at radius 2 is 2.10 bits per heavy atom. The van der Waals surface area contributed by atoms with E-state index in [2.05, 4.69) is 26.3 Å². The minimum absolute atomic E-state index is 0.184. The summed E-state index contributed by atoms with van der Waals surface area (Å²) >= 11 is 3.51. The van der Waals surface area contributed by atoms with Crippen molar-refractivity contribution in [2.24, 2.45) is 0 Å². The molecule has 0 bridgehead atoms. The van der Waals surface area contributed by atoms with Gasteiger partial charge >= 0.3 is 0 Å². The second-order valence-corrected chi connectivity index (χ2v) is 5.88. The highest BCUT2D eigenvalue weighted by atomic mass is 79.9. The second-order valence-electron chi connectivity index (χ2n) is 5.03. The van der Waals surface area contributed by atoms with Crippen LogP contribution in [0.25, 0.3) is 0 Å². The van der Waals surface area contributed by atoms with Crippen LogP contribution in [-0.2, 0) is 0 Å². The molecule has 0 saturated heterocycles. The van der Waals surface area contributed by atoms with Gasteiger partial charge in [-0.2, -0.15) is 5.10 Å². The van der Waals surface area contributed by atoms with E-state index < -0.39 is 0 Å². The van der Waals surface area contributed by atoms with Crippen LogP contribution >= 0.6 is 15.9 Å². The number of nitrogens with zero attached hydrogens (tertiary/aromatic N) is 2. The van der Waals surface area contributed by atoms with Crippen molar-refractivity contribution in [1.29, 1.82) is 0 Å². The zero-order chi connectivity index (χ0) is 15.6. The molecule has 0 fully saturated rings. The summed E-state index contributed by atoms with van der Waals surface area (Å²) in [7, 11) is 3.33. The predicted octanol–water partition coefficient (Wildman–Crippen LogP) is 3.68. The lowest BCUT2D eigenvalue weighted by Gasteiger charge is -2.21. The van der Waals surface area contributed by atoms with Gasteiger partial charge in [0.2, 0.25) is 0 Å². The summed E-state index contributed by atoms with van der Waals surface area (Å²) < 4.78 is 22.2. The van der Waals surface area contributed by atoms with Gasteiger partial charge in [0, 0.05) is 17.7 Å². The van der Waals surface area contributed by atoms with E-state index in [0.29, 0.717) is 11.3 Å². The first-order valence-corrected chi connectivity index (χ1v) is 7.52. The largest absolute Gasteiger partial charge is 0.497 e. The van der Waals surface area contributed by atoms with Crippen LogP contribution in [-0.4, -0.2) is 23.9 Å². The van der Waals surface area contributed by atoms with Crippen molar-refractivity contribution in [2.75, 3.05) is 14.2 Å². The Kier molecular flexibility index (Phi) is 5.00. The van der Waals surface area contributed by atoms with Crippen LogP contribution in [0.1, 0.15) is 37.2 Å². The average Bonchev–Trinajstić information content (AvgIpc) is 2.83. The molecule has 1 heterocycles. The van der Waals surface area contributed by atoms with Gasteiger partial charge in [0.25, 0.3) is 0 Å². The van der Waals surface area contributed by atoms with Crippen LogP contribution in [0.15, 0.2) is 28.9 Å². The lowest BCUT2D eigenvalue weighted by molar-refractivity contribution is 0.409. The molecule has 0 saturated carbocycles.